The maximum absolute atomic E-state index is 12.4. The third-order valence-corrected chi connectivity index (χ3v) is 3.47. The van der Waals surface area contributed by atoms with Crippen molar-refractivity contribution >= 4 is 41.5 Å². The quantitative estimate of drug-likeness (QED) is 0.317. The highest BCUT2D eigenvalue weighted by Gasteiger charge is 2.32. The Morgan fingerprint density at radius 1 is 1.18 bits per heavy atom. The monoisotopic (exact) mass is 508 g/mol. The SMILES string of the molecule is CNC(=O)c1cccc(CCN=C(N)Nc2ccccc2OC(F)(F)F)c1.I. The molecule has 0 unspecified atom stereocenters. The summed E-state index contributed by atoms with van der Waals surface area (Å²) in [5.74, 6) is -0.639. The molecule has 0 bridgehead atoms. The van der Waals surface area contributed by atoms with Crippen molar-refractivity contribution in [3.63, 3.8) is 0 Å². The fourth-order valence-electron chi connectivity index (χ4n) is 2.28. The number of nitrogens with two attached hydrogens (primary N) is 1. The number of nitrogens with one attached hydrogen (secondary N) is 2. The van der Waals surface area contributed by atoms with Gasteiger partial charge >= 0.3 is 6.36 Å². The molecule has 0 saturated heterocycles. The zero-order valence-corrected chi connectivity index (χ0v) is 17.2. The summed E-state index contributed by atoms with van der Waals surface area (Å²) in [6, 6.07) is 12.6. The lowest BCUT2D eigenvalue weighted by Gasteiger charge is -2.14. The van der Waals surface area contributed by atoms with Crippen LogP contribution in [0.2, 0.25) is 0 Å². The molecule has 0 atom stereocenters. The van der Waals surface area contributed by atoms with E-state index in [0.29, 0.717) is 18.5 Å². The second-order valence-electron chi connectivity index (χ2n) is 5.47. The van der Waals surface area contributed by atoms with Gasteiger partial charge in [-0.2, -0.15) is 0 Å². The van der Waals surface area contributed by atoms with E-state index in [1.807, 2.05) is 6.07 Å². The molecule has 2 aromatic carbocycles. The molecular formula is C18H20F3IN4O2. The topological polar surface area (TPSA) is 88.7 Å². The number of carbonyl (C=O) groups excluding carboxylic acids is 1. The average molecular weight is 508 g/mol. The molecule has 0 aliphatic heterocycles. The fraction of sp³-hybridized carbons (Fsp3) is 0.222. The van der Waals surface area contributed by atoms with Gasteiger partial charge in [-0.1, -0.05) is 24.3 Å². The van der Waals surface area contributed by atoms with Gasteiger partial charge in [0.15, 0.2) is 11.7 Å². The summed E-state index contributed by atoms with van der Waals surface area (Å²) in [6.07, 6.45) is -4.30. The van der Waals surface area contributed by atoms with Crippen LogP contribution in [0.15, 0.2) is 53.5 Å². The molecule has 0 aliphatic rings. The van der Waals surface area contributed by atoms with Crippen molar-refractivity contribution in [2.24, 2.45) is 10.7 Å². The number of nitrogens with zero attached hydrogens (tertiary/aromatic N) is 1. The van der Waals surface area contributed by atoms with E-state index < -0.39 is 12.1 Å². The number of hydrogen-bond donors (Lipinski definition) is 3. The lowest BCUT2D eigenvalue weighted by Crippen LogP contribution is -2.25. The first-order valence-electron chi connectivity index (χ1n) is 8.01. The maximum Gasteiger partial charge on any atom is 0.573 e. The van der Waals surface area contributed by atoms with Gasteiger partial charge in [-0.05, 0) is 36.2 Å². The number of aliphatic imine (C=N–C) groups is 1. The first-order chi connectivity index (χ1) is 12.8. The molecule has 0 aromatic heterocycles. The number of hydrogen-bond acceptors (Lipinski definition) is 3. The zero-order valence-electron chi connectivity index (χ0n) is 14.9. The molecule has 28 heavy (non-hydrogen) atoms. The Bertz CT molecular complexity index is 828. The van der Waals surface area contributed by atoms with Crippen molar-refractivity contribution in [2.45, 2.75) is 12.8 Å². The van der Waals surface area contributed by atoms with Crippen LogP contribution in [0.3, 0.4) is 0 Å². The van der Waals surface area contributed by atoms with Gasteiger partial charge in [-0.25, -0.2) is 0 Å². The van der Waals surface area contributed by atoms with Gasteiger partial charge in [-0.15, -0.1) is 37.1 Å². The molecule has 0 spiro atoms. The molecule has 2 aromatic rings. The molecule has 6 nitrogen and oxygen atoms in total. The Kier molecular flexibility index (Phi) is 9.03. The molecule has 0 heterocycles. The molecule has 1 amide bonds. The van der Waals surface area contributed by atoms with Crippen LogP contribution >= 0.6 is 24.0 Å². The molecule has 0 aliphatic carbocycles. The van der Waals surface area contributed by atoms with Crippen LogP contribution in [-0.2, 0) is 6.42 Å². The number of alkyl halides is 3. The van der Waals surface area contributed by atoms with Gasteiger partial charge in [-0.3, -0.25) is 9.79 Å². The molecule has 10 heteroatoms. The number of guanidine groups is 1. The first kappa shape index (κ1) is 23.5. The van der Waals surface area contributed by atoms with Crippen LogP contribution in [0.5, 0.6) is 5.75 Å². The summed E-state index contributed by atoms with van der Waals surface area (Å²) in [5, 5.41) is 5.14. The number of carbonyl (C=O) groups is 1. The standard InChI is InChI=1S/C18H19F3N4O2.HI/c1-23-16(26)13-6-4-5-12(11-13)9-10-24-17(22)25-14-7-2-3-8-15(14)27-18(19,20)21;/h2-8,11H,9-10H2,1H3,(H,23,26)(H3,22,24,25);1H. The number of amides is 1. The van der Waals surface area contributed by atoms with Crippen molar-refractivity contribution in [2.75, 3.05) is 18.9 Å². The fourth-order valence-corrected chi connectivity index (χ4v) is 2.28. The van der Waals surface area contributed by atoms with Crippen LogP contribution in [0.25, 0.3) is 0 Å². The summed E-state index contributed by atoms with van der Waals surface area (Å²) in [7, 11) is 1.55. The molecule has 2 rings (SSSR count). The van der Waals surface area contributed by atoms with Crippen molar-refractivity contribution in [3.8, 4) is 5.75 Å². The molecule has 0 saturated carbocycles. The normalized spacial score (nSPS) is 11.4. The largest absolute Gasteiger partial charge is 0.573 e. The van der Waals surface area contributed by atoms with E-state index in [0.717, 1.165) is 5.56 Å². The lowest BCUT2D eigenvalue weighted by molar-refractivity contribution is -0.274. The predicted molar refractivity (Wildman–Crippen MR) is 112 cm³/mol. The maximum atomic E-state index is 12.4. The van der Waals surface area contributed by atoms with E-state index in [-0.39, 0.29) is 41.5 Å². The molecule has 0 fully saturated rings. The third kappa shape index (κ3) is 7.62. The summed E-state index contributed by atoms with van der Waals surface area (Å²) in [5.41, 5.74) is 7.21. The Morgan fingerprint density at radius 3 is 2.57 bits per heavy atom. The number of ether oxygens (including phenoxy) is 1. The van der Waals surface area contributed by atoms with Crippen LogP contribution < -0.4 is 21.1 Å². The zero-order chi connectivity index (χ0) is 19.9. The van der Waals surface area contributed by atoms with E-state index >= 15 is 0 Å². The van der Waals surface area contributed by atoms with Gasteiger partial charge in [0.1, 0.15) is 0 Å². The average Bonchev–Trinajstić information content (AvgIpc) is 2.62. The number of halogens is 4. The van der Waals surface area contributed by atoms with E-state index in [2.05, 4.69) is 20.4 Å². The van der Waals surface area contributed by atoms with Gasteiger partial charge in [0.2, 0.25) is 0 Å². The van der Waals surface area contributed by atoms with Crippen LogP contribution in [-0.4, -0.2) is 31.8 Å². The Balaban J connectivity index is 0.00000392. The number of rotatable bonds is 6. The van der Waals surface area contributed by atoms with Crippen molar-refractivity contribution in [3.05, 3.63) is 59.7 Å². The Morgan fingerprint density at radius 2 is 1.89 bits per heavy atom. The van der Waals surface area contributed by atoms with Crippen LogP contribution in [0, 0.1) is 0 Å². The predicted octanol–water partition coefficient (Wildman–Crippen LogP) is 3.53. The summed E-state index contributed by atoms with van der Waals surface area (Å²) in [6.45, 7) is 0.290. The summed E-state index contributed by atoms with van der Waals surface area (Å²) >= 11 is 0. The van der Waals surface area contributed by atoms with E-state index in [4.69, 9.17) is 5.73 Å². The minimum Gasteiger partial charge on any atom is -0.404 e. The molecule has 152 valence electrons. The minimum atomic E-state index is -4.81. The molecule has 0 radical (unpaired) electrons. The highest BCUT2D eigenvalue weighted by atomic mass is 127. The summed E-state index contributed by atoms with van der Waals surface area (Å²) in [4.78, 5) is 15.7. The van der Waals surface area contributed by atoms with Crippen molar-refractivity contribution in [1.29, 1.82) is 0 Å². The highest BCUT2D eigenvalue weighted by Crippen LogP contribution is 2.29. The number of anilines is 1. The van der Waals surface area contributed by atoms with E-state index in [9.17, 15) is 18.0 Å². The van der Waals surface area contributed by atoms with E-state index in [1.54, 1.807) is 31.3 Å². The molecule has 4 N–H and O–H groups in total. The molecular weight excluding hydrogens is 488 g/mol. The lowest BCUT2D eigenvalue weighted by atomic mass is 10.1. The Labute approximate surface area is 177 Å². The van der Waals surface area contributed by atoms with Gasteiger partial charge < -0.3 is 21.1 Å². The van der Waals surface area contributed by atoms with Gasteiger partial charge in [0.05, 0.1) is 5.69 Å². The van der Waals surface area contributed by atoms with E-state index in [1.165, 1.54) is 18.2 Å². The van der Waals surface area contributed by atoms with Gasteiger partial charge in [0, 0.05) is 19.2 Å². The van der Waals surface area contributed by atoms with Gasteiger partial charge in [0.25, 0.3) is 5.91 Å². The number of benzene rings is 2. The minimum absolute atomic E-state index is 0. The van der Waals surface area contributed by atoms with Crippen LogP contribution in [0.4, 0.5) is 18.9 Å². The van der Waals surface area contributed by atoms with Crippen molar-refractivity contribution in [1.82, 2.24) is 5.32 Å². The highest BCUT2D eigenvalue weighted by molar-refractivity contribution is 14.0. The summed E-state index contributed by atoms with van der Waals surface area (Å²) < 4.78 is 41.2. The third-order valence-electron chi connectivity index (χ3n) is 3.47. The van der Waals surface area contributed by atoms with Crippen molar-refractivity contribution < 1.29 is 22.7 Å². The first-order valence-corrected chi connectivity index (χ1v) is 8.01. The second kappa shape index (κ2) is 10.7. The second-order valence-corrected chi connectivity index (χ2v) is 5.47. The smallest absolute Gasteiger partial charge is 0.404 e. The number of para-hydroxylation sites is 2. The van der Waals surface area contributed by atoms with Crippen LogP contribution in [0.1, 0.15) is 15.9 Å². The Hall–Kier alpha value is -2.50.